The molecule has 0 saturated carbocycles. The number of unbranched alkanes of at least 4 members (excludes halogenated alkanes) is 10. The largest absolute Gasteiger partial charge is 0.492 e. The van der Waals surface area contributed by atoms with Crippen molar-refractivity contribution in [3.63, 3.8) is 0 Å². The van der Waals surface area contributed by atoms with E-state index in [1.165, 1.54) is 44.9 Å². The molecule has 2 heterocycles. The molecule has 2 aromatic heterocycles. The number of hydrogen-bond donors (Lipinski definition) is 3. The maximum absolute atomic E-state index is 14.3. The van der Waals surface area contributed by atoms with Crippen LogP contribution in [-0.2, 0) is 26.7 Å². The molecule has 0 aliphatic carbocycles. The zero-order valence-corrected chi connectivity index (χ0v) is 36.9. The molecule has 0 bridgehead atoms. The quantitative estimate of drug-likeness (QED) is 0.0520. The fourth-order valence-electron chi connectivity index (χ4n) is 6.43. The van der Waals surface area contributed by atoms with Crippen LogP contribution in [0, 0.1) is 13.8 Å². The van der Waals surface area contributed by atoms with E-state index in [1.807, 2.05) is 38.1 Å². The number of aromatic amines is 1. The molecule has 5 aromatic rings. The number of aromatic nitrogens is 4. The van der Waals surface area contributed by atoms with Crippen molar-refractivity contribution in [1.29, 1.82) is 0 Å². The first-order valence-corrected chi connectivity index (χ1v) is 23.3. The van der Waals surface area contributed by atoms with E-state index in [4.69, 9.17) is 18.6 Å². The second-order valence-electron chi connectivity index (χ2n) is 16.0. The Labute approximate surface area is 347 Å². The number of rotatable bonds is 24. The Morgan fingerprint density at radius 3 is 1.98 bits per heavy atom. The van der Waals surface area contributed by atoms with Crippen molar-refractivity contribution in [3.8, 4) is 28.6 Å². The minimum atomic E-state index is -4.21. The number of anilines is 2. The van der Waals surface area contributed by atoms with Gasteiger partial charge in [-0.15, -0.1) is 5.10 Å². The van der Waals surface area contributed by atoms with E-state index < -0.39 is 21.3 Å². The average Bonchev–Trinajstić information content (AvgIpc) is 3.76. The Morgan fingerprint density at radius 1 is 0.741 bits per heavy atom. The lowest BCUT2D eigenvalue weighted by Gasteiger charge is -2.17. The minimum absolute atomic E-state index is 0.0161. The summed E-state index contributed by atoms with van der Waals surface area (Å²) in [7, 11) is -4.21. The van der Waals surface area contributed by atoms with Crippen molar-refractivity contribution >= 4 is 38.3 Å². The summed E-state index contributed by atoms with van der Waals surface area (Å²) in [5.41, 5.74) is 4.00. The van der Waals surface area contributed by atoms with Gasteiger partial charge in [0.15, 0.2) is 23.0 Å². The topological polar surface area (TPSA) is 149 Å². The second-order valence-corrected chi connectivity index (χ2v) is 18.5. The lowest BCUT2D eigenvalue weighted by Crippen LogP contribution is -2.17. The van der Waals surface area contributed by atoms with Crippen LogP contribution in [0.4, 0.5) is 11.4 Å². The van der Waals surface area contributed by atoms with Gasteiger partial charge in [-0.2, -0.15) is 8.84 Å². The molecule has 0 aliphatic rings. The first-order valence-electron chi connectivity index (χ1n) is 20.7. The third kappa shape index (κ3) is 12.7. The van der Waals surface area contributed by atoms with Crippen LogP contribution in [0.15, 0.2) is 65.6 Å². The van der Waals surface area contributed by atoms with Crippen LogP contribution in [0.2, 0.25) is 0 Å². The van der Waals surface area contributed by atoms with Gasteiger partial charge in [-0.05, 0) is 80.3 Å². The molecule has 1 atom stereocenters. The minimum Gasteiger partial charge on any atom is -0.492 e. The highest BCUT2D eigenvalue weighted by molar-refractivity contribution is 7.92. The number of nitrogens with zero attached hydrogens (tertiary/aromatic N) is 3. The van der Waals surface area contributed by atoms with Crippen LogP contribution >= 0.6 is 0 Å². The monoisotopic (exact) mass is 834 g/mol. The molecule has 3 N–H and O–H groups in total. The molecule has 12 nitrogen and oxygen atoms in total. The van der Waals surface area contributed by atoms with Crippen LogP contribution in [0.1, 0.15) is 128 Å². The van der Waals surface area contributed by atoms with E-state index >= 15 is 0 Å². The molecule has 3 aromatic carbocycles. The Hall–Kier alpha value is -4.56. The number of hydrogen-bond acceptors (Lipinski definition) is 8. The molecule has 58 heavy (non-hydrogen) atoms. The smallest absolute Gasteiger partial charge is 0.316 e. The zero-order valence-electron chi connectivity index (χ0n) is 35.3. The summed E-state index contributed by atoms with van der Waals surface area (Å²) >= 11 is -2.07. The third-order valence-electron chi connectivity index (χ3n) is 9.81. The first-order chi connectivity index (χ1) is 27.8. The predicted octanol–water partition coefficient (Wildman–Crippen LogP) is 11.0. The van der Waals surface area contributed by atoms with Crippen molar-refractivity contribution in [3.05, 3.63) is 77.5 Å². The summed E-state index contributed by atoms with van der Waals surface area (Å²) in [5.74, 6) is 1.41. The Kier molecular flexibility index (Phi) is 16.1. The standard InChI is InChI=1S/C44H62N6O6S2/c1-8-10-12-14-16-18-26-54-37-24-20-32(3)28-39(37)56-57(51)48-34-22-23-35(43-45-42-31-41(44(5,6)7)46-50(42)47-43)36(30-34)49-58(52,53)40-29-33(4)21-25-38(40)55-27-19-17-15-13-11-9-2/h20-25,28-31,46,48-49H,8-19,26-27H2,1-7H3. The normalized spacial score (nSPS) is 12.5. The Balaban J connectivity index is 1.39. The third-order valence-corrected chi connectivity index (χ3v) is 11.9. The van der Waals surface area contributed by atoms with E-state index in [2.05, 4.69) is 54.3 Å². The molecule has 0 spiro atoms. The van der Waals surface area contributed by atoms with Crippen molar-refractivity contribution in [2.45, 2.75) is 136 Å². The van der Waals surface area contributed by atoms with Gasteiger partial charge >= 0.3 is 11.3 Å². The number of aryl methyl sites for hydroxylation is 2. The van der Waals surface area contributed by atoms with E-state index in [0.29, 0.717) is 47.4 Å². The molecule has 0 aliphatic heterocycles. The summed E-state index contributed by atoms with van der Waals surface area (Å²) < 4.78 is 67.4. The van der Waals surface area contributed by atoms with Crippen LogP contribution in [0.3, 0.4) is 0 Å². The summed E-state index contributed by atoms with van der Waals surface area (Å²) in [6.45, 7) is 15.3. The number of benzene rings is 3. The maximum atomic E-state index is 14.3. The lowest BCUT2D eigenvalue weighted by atomic mass is 9.93. The van der Waals surface area contributed by atoms with Crippen molar-refractivity contribution < 1.29 is 26.3 Å². The highest BCUT2D eigenvalue weighted by Crippen LogP contribution is 2.35. The SMILES string of the molecule is CCCCCCCCOc1ccc(C)cc1OS(=O)Nc1ccc(-c2nc3cc(C(C)(C)C)[nH]n3n2)c(NS(=O)(=O)c2cc(C)ccc2OCCCCCCCC)c1. The fourth-order valence-corrected chi connectivity index (χ4v) is 8.39. The summed E-state index contributed by atoms with van der Waals surface area (Å²) in [4.78, 5) is 4.76. The van der Waals surface area contributed by atoms with E-state index in [0.717, 1.165) is 48.9 Å². The van der Waals surface area contributed by atoms with Gasteiger partial charge in [-0.3, -0.25) is 14.5 Å². The highest BCUT2D eigenvalue weighted by atomic mass is 32.2. The number of sulfonamides is 1. The molecule has 14 heteroatoms. The fraction of sp³-hybridized carbons (Fsp3) is 0.500. The Morgan fingerprint density at radius 2 is 1.34 bits per heavy atom. The number of nitrogens with one attached hydrogen (secondary N) is 3. The van der Waals surface area contributed by atoms with Crippen LogP contribution in [-0.4, -0.2) is 45.7 Å². The molecule has 5 rings (SSSR count). The molecule has 0 saturated heterocycles. The van der Waals surface area contributed by atoms with E-state index in [9.17, 15) is 12.6 Å². The van der Waals surface area contributed by atoms with Crippen molar-refractivity contribution in [2.24, 2.45) is 0 Å². The maximum Gasteiger partial charge on any atom is 0.316 e. The highest BCUT2D eigenvalue weighted by Gasteiger charge is 2.25. The number of ether oxygens (including phenoxy) is 2. The molecule has 316 valence electrons. The lowest BCUT2D eigenvalue weighted by molar-refractivity contribution is 0.296. The summed E-state index contributed by atoms with van der Waals surface area (Å²) in [6, 6.07) is 17.5. The zero-order chi connectivity index (χ0) is 41.7. The van der Waals surface area contributed by atoms with Crippen LogP contribution in [0.25, 0.3) is 17.0 Å². The molecular formula is C44H62N6O6S2. The number of fused-ring (bicyclic) bond motifs is 1. The van der Waals surface area contributed by atoms with Gasteiger partial charge in [0.1, 0.15) is 10.6 Å². The van der Waals surface area contributed by atoms with Gasteiger partial charge in [-0.1, -0.05) is 111 Å². The van der Waals surface area contributed by atoms with Crippen LogP contribution < -0.4 is 23.1 Å². The van der Waals surface area contributed by atoms with E-state index in [-0.39, 0.29) is 21.7 Å². The van der Waals surface area contributed by atoms with Gasteiger partial charge in [0.05, 0.1) is 24.6 Å². The predicted molar refractivity (Wildman–Crippen MR) is 235 cm³/mol. The molecule has 0 fully saturated rings. The van der Waals surface area contributed by atoms with Gasteiger partial charge in [0.2, 0.25) is 0 Å². The van der Waals surface area contributed by atoms with Crippen molar-refractivity contribution in [2.75, 3.05) is 22.7 Å². The second kappa shape index (κ2) is 20.9. The van der Waals surface area contributed by atoms with Gasteiger partial charge in [0.25, 0.3) is 10.0 Å². The first kappa shape index (κ1) is 44.5. The molecule has 0 amide bonds. The van der Waals surface area contributed by atoms with E-state index in [1.54, 1.807) is 41.0 Å². The molecule has 1 unspecified atom stereocenters. The Bertz CT molecular complexity index is 2200. The molecular weight excluding hydrogens is 773 g/mol. The van der Waals surface area contributed by atoms with Gasteiger partial charge < -0.3 is 13.7 Å². The van der Waals surface area contributed by atoms with Gasteiger partial charge in [0, 0.05) is 22.7 Å². The average molecular weight is 835 g/mol. The molecule has 0 radical (unpaired) electrons. The van der Waals surface area contributed by atoms with Crippen LogP contribution in [0.5, 0.6) is 17.2 Å². The summed E-state index contributed by atoms with van der Waals surface area (Å²) in [5, 5.41) is 7.95. The van der Waals surface area contributed by atoms with Crippen molar-refractivity contribution in [1.82, 2.24) is 19.8 Å². The summed E-state index contributed by atoms with van der Waals surface area (Å²) in [6.07, 6.45) is 13.4. The van der Waals surface area contributed by atoms with Gasteiger partial charge in [-0.25, -0.2) is 13.4 Å². The number of H-pyrrole nitrogens is 1.